The van der Waals surface area contributed by atoms with Crippen LogP contribution < -0.4 is 10.6 Å². The molecule has 1 atom stereocenters. The molecule has 3 N–H and O–H groups in total. The van der Waals surface area contributed by atoms with Crippen molar-refractivity contribution in [2.45, 2.75) is 58.0 Å². The van der Waals surface area contributed by atoms with Crippen LogP contribution in [0.4, 0.5) is 0 Å². The lowest BCUT2D eigenvalue weighted by atomic mass is 9.89. The topological polar surface area (TPSA) is 91.6 Å². The van der Waals surface area contributed by atoms with E-state index in [0.29, 0.717) is 18.1 Å². The van der Waals surface area contributed by atoms with Gasteiger partial charge in [0.15, 0.2) is 0 Å². The van der Waals surface area contributed by atoms with E-state index in [9.17, 15) is 14.7 Å². The second-order valence-electron chi connectivity index (χ2n) is 6.84. The molecular weight excluding hydrogens is 308 g/mol. The fraction of sp³-hybridized carbons (Fsp3) is 0.667. The predicted octanol–water partition coefficient (Wildman–Crippen LogP) is 2.00. The summed E-state index contributed by atoms with van der Waals surface area (Å²) in [6.07, 6.45) is 5.53. The third kappa shape index (κ3) is 5.37. The highest BCUT2D eigenvalue weighted by Crippen LogP contribution is 2.23. The second-order valence-corrected chi connectivity index (χ2v) is 6.84. The Bertz CT molecular complexity index is 559. The van der Waals surface area contributed by atoms with Gasteiger partial charge in [-0.15, -0.1) is 0 Å². The Morgan fingerprint density at radius 3 is 2.58 bits per heavy atom. The first-order chi connectivity index (χ1) is 11.4. The van der Waals surface area contributed by atoms with Crippen molar-refractivity contribution in [3.05, 3.63) is 23.7 Å². The Balaban J connectivity index is 1.67. The fourth-order valence-corrected chi connectivity index (χ4v) is 2.98. The van der Waals surface area contributed by atoms with Crippen molar-refractivity contribution < 1.29 is 19.1 Å². The fourth-order valence-electron chi connectivity index (χ4n) is 2.98. The molecule has 0 saturated heterocycles. The average molecular weight is 336 g/mol. The molecule has 1 aromatic heterocycles. The van der Waals surface area contributed by atoms with E-state index in [2.05, 4.69) is 10.6 Å². The highest BCUT2D eigenvalue weighted by Gasteiger charge is 2.27. The molecule has 6 heteroatoms. The molecule has 0 aromatic carbocycles. The molecule has 0 spiro atoms. The molecule has 6 nitrogen and oxygen atoms in total. The van der Waals surface area contributed by atoms with Gasteiger partial charge in [0, 0.05) is 18.9 Å². The summed E-state index contributed by atoms with van der Waals surface area (Å²) in [7, 11) is 0. The number of carbonyl (C=O) groups excluding carboxylic acids is 2. The van der Waals surface area contributed by atoms with Gasteiger partial charge in [-0.3, -0.25) is 9.59 Å². The van der Waals surface area contributed by atoms with E-state index in [4.69, 9.17) is 4.42 Å². The van der Waals surface area contributed by atoms with Crippen molar-refractivity contribution in [2.75, 3.05) is 13.1 Å². The van der Waals surface area contributed by atoms with Gasteiger partial charge in [0.25, 0.3) is 0 Å². The number of furan rings is 1. The summed E-state index contributed by atoms with van der Waals surface area (Å²) in [5, 5.41) is 15.9. The van der Waals surface area contributed by atoms with Crippen LogP contribution in [0.25, 0.3) is 0 Å². The predicted molar refractivity (Wildman–Crippen MR) is 90.2 cm³/mol. The summed E-state index contributed by atoms with van der Waals surface area (Å²) in [5.41, 5.74) is -1.25. The Morgan fingerprint density at radius 1 is 1.25 bits per heavy atom. The maximum Gasteiger partial charge on any atom is 0.223 e. The molecule has 24 heavy (non-hydrogen) atoms. The lowest BCUT2D eigenvalue weighted by molar-refractivity contribution is -0.126. The van der Waals surface area contributed by atoms with Crippen LogP contribution in [0.2, 0.25) is 0 Å². The molecule has 1 aromatic rings. The van der Waals surface area contributed by atoms with Crippen LogP contribution in [-0.4, -0.2) is 30.0 Å². The maximum atomic E-state index is 12.0. The third-order valence-corrected chi connectivity index (χ3v) is 4.53. The minimum Gasteiger partial charge on any atom is -0.463 e. The van der Waals surface area contributed by atoms with Gasteiger partial charge in [-0.05, 0) is 38.8 Å². The van der Waals surface area contributed by atoms with Crippen molar-refractivity contribution in [3.8, 4) is 0 Å². The monoisotopic (exact) mass is 336 g/mol. The van der Waals surface area contributed by atoms with E-state index < -0.39 is 5.60 Å². The number of carbonyl (C=O) groups is 2. The minimum absolute atomic E-state index is 0.0561. The molecule has 1 aliphatic carbocycles. The summed E-state index contributed by atoms with van der Waals surface area (Å²) < 4.78 is 5.40. The highest BCUT2D eigenvalue weighted by molar-refractivity contribution is 5.80. The van der Waals surface area contributed by atoms with E-state index in [0.717, 1.165) is 25.7 Å². The molecule has 134 valence electrons. The zero-order chi connectivity index (χ0) is 17.6. The summed E-state index contributed by atoms with van der Waals surface area (Å²) >= 11 is 0. The summed E-state index contributed by atoms with van der Waals surface area (Å²) in [5.74, 6) is 1.08. The van der Waals surface area contributed by atoms with Crippen molar-refractivity contribution in [1.29, 1.82) is 0 Å². The molecule has 2 amide bonds. The molecule has 1 saturated carbocycles. The van der Waals surface area contributed by atoms with Gasteiger partial charge in [-0.1, -0.05) is 19.3 Å². The molecule has 1 fully saturated rings. The van der Waals surface area contributed by atoms with E-state index in [1.165, 1.54) is 6.42 Å². The Hall–Kier alpha value is -1.82. The van der Waals surface area contributed by atoms with Gasteiger partial charge in [0.2, 0.25) is 11.8 Å². The minimum atomic E-state index is -1.25. The first-order valence-corrected chi connectivity index (χ1v) is 8.72. The van der Waals surface area contributed by atoms with Crippen molar-refractivity contribution in [2.24, 2.45) is 5.92 Å². The van der Waals surface area contributed by atoms with Gasteiger partial charge in [-0.25, -0.2) is 0 Å². The smallest absolute Gasteiger partial charge is 0.223 e. The standard InChI is InChI=1S/C18H28N2O4/c1-13-8-9-15(24-13)18(2,23)12-20-16(21)10-11-19-17(22)14-6-4-3-5-7-14/h8-9,14,23H,3-7,10-12H2,1-2H3,(H,19,22)(H,20,21). The molecule has 1 unspecified atom stereocenters. The van der Waals surface area contributed by atoms with Gasteiger partial charge < -0.3 is 20.2 Å². The second kappa shape index (κ2) is 8.33. The highest BCUT2D eigenvalue weighted by atomic mass is 16.4. The number of hydrogen-bond acceptors (Lipinski definition) is 4. The zero-order valence-electron chi connectivity index (χ0n) is 14.6. The van der Waals surface area contributed by atoms with Crippen LogP contribution in [0.3, 0.4) is 0 Å². The van der Waals surface area contributed by atoms with E-state index >= 15 is 0 Å². The number of aryl methyl sites for hydroxylation is 1. The molecule has 1 heterocycles. The van der Waals surface area contributed by atoms with Crippen LogP contribution >= 0.6 is 0 Å². The van der Waals surface area contributed by atoms with Crippen LogP contribution in [0, 0.1) is 12.8 Å². The lowest BCUT2D eigenvalue weighted by Crippen LogP contribution is -2.40. The van der Waals surface area contributed by atoms with Gasteiger partial charge in [-0.2, -0.15) is 0 Å². The van der Waals surface area contributed by atoms with Gasteiger partial charge in [0.05, 0.1) is 6.54 Å². The Labute approximate surface area is 143 Å². The Kier molecular flexibility index (Phi) is 6.43. The van der Waals surface area contributed by atoms with Crippen molar-refractivity contribution >= 4 is 11.8 Å². The SMILES string of the molecule is Cc1ccc(C(C)(O)CNC(=O)CCNC(=O)C2CCCCC2)o1. The van der Waals surface area contributed by atoms with E-state index in [1.807, 2.05) is 0 Å². The van der Waals surface area contributed by atoms with Crippen LogP contribution in [0.5, 0.6) is 0 Å². The number of rotatable bonds is 7. The molecular formula is C18H28N2O4. The van der Waals surface area contributed by atoms with Crippen LogP contribution in [-0.2, 0) is 15.2 Å². The molecule has 0 aliphatic heterocycles. The first kappa shape index (κ1) is 18.5. The Morgan fingerprint density at radius 2 is 1.96 bits per heavy atom. The summed E-state index contributed by atoms with van der Waals surface area (Å²) in [6, 6.07) is 3.47. The third-order valence-electron chi connectivity index (χ3n) is 4.53. The normalized spacial score (nSPS) is 18.0. The zero-order valence-corrected chi connectivity index (χ0v) is 14.6. The molecule has 0 radical (unpaired) electrons. The quantitative estimate of drug-likeness (QED) is 0.710. The maximum absolute atomic E-state index is 12.0. The summed E-state index contributed by atoms with van der Waals surface area (Å²) in [6.45, 7) is 3.78. The van der Waals surface area contributed by atoms with Crippen LogP contribution in [0.15, 0.2) is 16.5 Å². The van der Waals surface area contributed by atoms with Gasteiger partial charge in [0.1, 0.15) is 17.1 Å². The largest absolute Gasteiger partial charge is 0.463 e. The summed E-state index contributed by atoms with van der Waals surface area (Å²) in [4.78, 5) is 23.9. The number of amides is 2. The van der Waals surface area contributed by atoms with Crippen molar-refractivity contribution in [3.63, 3.8) is 0 Å². The number of nitrogens with one attached hydrogen (secondary N) is 2. The van der Waals surface area contributed by atoms with Crippen molar-refractivity contribution in [1.82, 2.24) is 10.6 Å². The number of aliphatic hydroxyl groups is 1. The average Bonchev–Trinajstić information content (AvgIpc) is 3.01. The molecule has 2 rings (SSSR count). The number of hydrogen-bond donors (Lipinski definition) is 3. The van der Waals surface area contributed by atoms with Gasteiger partial charge >= 0.3 is 0 Å². The van der Waals surface area contributed by atoms with E-state index in [-0.39, 0.29) is 30.7 Å². The van der Waals surface area contributed by atoms with E-state index in [1.54, 1.807) is 26.0 Å². The molecule has 1 aliphatic rings. The molecule has 0 bridgehead atoms. The lowest BCUT2D eigenvalue weighted by Gasteiger charge is -2.22. The first-order valence-electron chi connectivity index (χ1n) is 8.72. The van der Waals surface area contributed by atoms with Crippen LogP contribution in [0.1, 0.15) is 57.0 Å².